The van der Waals surface area contributed by atoms with Gasteiger partial charge in [0.1, 0.15) is 5.82 Å². The minimum atomic E-state index is -0.322. The van der Waals surface area contributed by atoms with Crippen molar-refractivity contribution < 1.29 is 9.53 Å². The average molecular weight is 264 g/mol. The third-order valence-electron chi connectivity index (χ3n) is 2.66. The molecule has 0 aromatic carbocycles. The molecule has 0 unspecified atom stereocenters. The van der Waals surface area contributed by atoms with Crippen LogP contribution in [0, 0.1) is 11.8 Å². The summed E-state index contributed by atoms with van der Waals surface area (Å²) < 4.78 is 4.75. The average Bonchev–Trinajstić information content (AvgIpc) is 2.36. The van der Waals surface area contributed by atoms with Crippen LogP contribution in [0.4, 0.5) is 5.82 Å². The Morgan fingerprint density at radius 1 is 1.26 bits per heavy atom. The van der Waals surface area contributed by atoms with Crippen molar-refractivity contribution in [1.29, 1.82) is 0 Å². The third kappa shape index (κ3) is 4.89. The first-order valence-corrected chi connectivity index (χ1v) is 6.73. The molecule has 19 heavy (non-hydrogen) atoms. The Hall–Kier alpha value is -1.58. The SMILES string of the molecule is COC(=O)c1ccnc(N(CC(C)C)CC(C)C)c1. The van der Waals surface area contributed by atoms with Crippen LogP contribution in [0.1, 0.15) is 38.1 Å². The van der Waals surface area contributed by atoms with Gasteiger partial charge in [-0.05, 0) is 24.0 Å². The van der Waals surface area contributed by atoms with Gasteiger partial charge in [0.25, 0.3) is 0 Å². The van der Waals surface area contributed by atoms with Crippen molar-refractivity contribution in [2.75, 3.05) is 25.1 Å². The topological polar surface area (TPSA) is 42.4 Å². The summed E-state index contributed by atoms with van der Waals surface area (Å²) in [4.78, 5) is 18.2. The first-order valence-electron chi connectivity index (χ1n) is 6.73. The van der Waals surface area contributed by atoms with Crippen LogP contribution in [0.3, 0.4) is 0 Å². The van der Waals surface area contributed by atoms with Gasteiger partial charge < -0.3 is 9.64 Å². The first kappa shape index (κ1) is 15.5. The number of methoxy groups -OCH3 is 1. The van der Waals surface area contributed by atoms with Crippen LogP contribution in [0.2, 0.25) is 0 Å². The predicted molar refractivity (Wildman–Crippen MR) is 77.5 cm³/mol. The quantitative estimate of drug-likeness (QED) is 0.741. The Bertz CT molecular complexity index is 406. The Balaban J connectivity index is 2.97. The molecule has 4 heteroatoms. The van der Waals surface area contributed by atoms with Gasteiger partial charge in [0.05, 0.1) is 12.7 Å². The van der Waals surface area contributed by atoms with Gasteiger partial charge in [-0.3, -0.25) is 0 Å². The highest BCUT2D eigenvalue weighted by Gasteiger charge is 2.14. The monoisotopic (exact) mass is 264 g/mol. The molecule has 0 aliphatic rings. The fourth-order valence-electron chi connectivity index (χ4n) is 1.98. The van der Waals surface area contributed by atoms with Crippen molar-refractivity contribution in [1.82, 2.24) is 4.98 Å². The van der Waals surface area contributed by atoms with Gasteiger partial charge in [-0.2, -0.15) is 0 Å². The number of rotatable bonds is 6. The summed E-state index contributed by atoms with van der Waals surface area (Å²) in [5.74, 6) is 1.60. The number of anilines is 1. The van der Waals surface area contributed by atoms with Crippen molar-refractivity contribution in [3.05, 3.63) is 23.9 Å². The van der Waals surface area contributed by atoms with E-state index >= 15 is 0 Å². The second-order valence-electron chi connectivity index (χ2n) is 5.59. The minimum Gasteiger partial charge on any atom is -0.465 e. The molecule has 0 radical (unpaired) electrons. The Morgan fingerprint density at radius 2 is 1.84 bits per heavy atom. The zero-order chi connectivity index (χ0) is 14.4. The fourth-order valence-corrected chi connectivity index (χ4v) is 1.98. The van der Waals surface area contributed by atoms with Crippen molar-refractivity contribution in [3.8, 4) is 0 Å². The molecule has 0 fully saturated rings. The lowest BCUT2D eigenvalue weighted by atomic mass is 10.1. The molecule has 0 saturated carbocycles. The molecular formula is C15H24N2O2. The number of aromatic nitrogens is 1. The van der Waals surface area contributed by atoms with Gasteiger partial charge in [0, 0.05) is 19.3 Å². The van der Waals surface area contributed by atoms with Crippen LogP contribution in [0.15, 0.2) is 18.3 Å². The van der Waals surface area contributed by atoms with Crippen molar-refractivity contribution in [2.45, 2.75) is 27.7 Å². The minimum absolute atomic E-state index is 0.322. The predicted octanol–water partition coefficient (Wildman–Crippen LogP) is 2.99. The van der Waals surface area contributed by atoms with E-state index in [-0.39, 0.29) is 5.97 Å². The Labute approximate surface area is 115 Å². The van der Waals surface area contributed by atoms with Crippen LogP contribution in [0.5, 0.6) is 0 Å². The van der Waals surface area contributed by atoms with E-state index in [4.69, 9.17) is 4.74 Å². The van der Waals surface area contributed by atoms with E-state index < -0.39 is 0 Å². The van der Waals surface area contributed by atoms with Crippen molar-refractivity contribution in [2.24, 2.45) is 11.8 Å². The molecule has 0 amide bonds. The van der Waals surface area contributed by atoms with Gasteiger partial charge in [-0.15, -0.1) is 0 Å². The van der Waals surface area contributed by atoms with E-state index in [1.165, 1.54) is 7.11 Å². The van der Waals surface area contributed by atoms with E-state index in [1.54, 1.807) is 18.3 Å². The molecule has 0 saturated heterocycles. The maximum atomic E-state index is 11.6. The lowest BCUT2D eigenvalue weighted by Gasteiger charge is -2.27. The van der Waals surface area contributed by atoms with Crippen LogP contribution < -0.4 is 4.90 Å². The second kappa shape index (κ2) is 7.12. The molecule has 0 aliphatic heterocycles. The molecule has 1 rings (SSSR count). The zero-order valence-electron chi connectivity index (χ0n) is 12.5. The van der Waals surface area contributed by atoms with Gasteiger partial charge in [-0.25, -0.2) is 9.78 Å². The zero-order valence-corrected chi connectivity index (χ0v) is 12.5. The van der Waals surface area contributed by atoms with E-state index in [0.717, 1.165) is 18.9 Å². The number of nitrogens with zero attached hydrogens (tertiary/aromatic N) is 2. The van der Waals surface area contributed by atoms with Crippen LogP contribution in [-0.2, 0) is 4.74 Å². The summed E-state index contributed by atoms with van der Waals surface area (Å²) in [6.07, 6.45) is 1.66. The largest absolute Gasteiger partial charge is 0.465 e. The molecule has 1 heterocycles. The maximum absolute atomic E-state index is 11.6. The standard InChI is InChI=1S/C15H24N2O2/c1-11(2)9-17(10-12(3)4)14-8-13(6-7-16-14)15(18)19-5/h6-8,11-12H,9-10H2,1-5H3. The van der Waals surface area contributed by atoms with Gasteiger partial charge in [0.15, 0.2) is 0 Å². The molecule has 0 N–H and O–H groups in total. The maximum Gasteiger partial charge on any atom is 0.338 e. The summed E-state index contributed by atoms with van der Waals surface area (Å²) in [7, 11) is 1.39. The van der Waals surface area contributed by atoms with Crippen molar-refractivity contribution >= 4 is 11.8 Å². The van der Waals surface area contributed by atoms with E-state index in [9.17, 15) is 4.79 Å². The summed E-state index contributed by atoms with van der Waals surface area (Å²) in [6.45, 7) is 10.6. The number of carbonyl (C=O) groups excluding carboxylic acids is 1. The second-order valence-corrected chi connectivity index (χ2v) is 5.59. The number of carbonyl (C=O) groups is 1. The fraction of sp³-hybridized carbons (Fsp3) is 0.600. The molecule has 0 atom stereocenters. The molecule has 106 valence electrons. The number of hydrogen-bond donors (Lipinski definition) is 0. The first-order chi connectivity index (χ1) is 8.93. The van der Waals surface area contributed by atoms with E-state index in [1.807, 2.05) is 0 Å². The normalized spacial score (nSPS) is 10.9. The highest BCUT2D eigenvalue weighted by atomic mass is 16.5. The number of ether oxygens (including phenoxy) is 1. The smallest absolute Gasteiger partial charge is 0.338 e. The lowest BCUT2D eigenvalue weighted by Crippen LogP contribution is -2.32. The number of esters is 1. The molecular weight excluding hydrogens is 240 g/mol. The summed E-state index contributed by atoms with van der Waals surface area (Å²) in [5, 5.41) is 0. The van der Waals surface area contributed by atoms with E-state index in [2.05, 4.69) is 37.6 Å². The van der Waals surface area contributed by atoms with Crippen LogP contribution >= 0.6 is 0 Å². The van der Waals surface area contributed by atoms with E-state index in [0.29, 0.717) is 17.4 Å². The number of hydrogen-bond acceptors (Lipinski definition) is 4. The molecule has 1 aromatic rings. The summed E-state index contributed by atoms with van der Waals surface area (Å²) in [6, 6.07) is 3.48. The lowest BCUT2D eigenvalue weighted by molar-refractivity contribution is 0.0600. The molecule has 0 aliphatic carbocycles. The van der Waals surface area contributed by atoms with Gasteiger partial charge in [-0.1, -0.05) is 27.7 Å². The van der Waals surface area contributed by atoms with Crippen LogP contribution in [-0.4, -0.2) is 31.2 Å². The third-order valence-corrected chi connectivity index (χ3v) is 2.66. The molecule has 0 spiro atoms. The molecule has 4 nitrogen and oxygen atoms in total. The highest BCUT2D eigenvalue weighted by molar-refractivity contribution is 5.90. The summed E-state index contributed by atoms with van der Waals surface area (Å²) >= 11 is 0. The molecule has 1 aromatic heterocycles. The van der Waals surface area contributed by atoms with Crippen molar-refractivity contribution in [3.63, 3.8) is 0 Å². The Kier molecular flexibility index (Phi) is 5.80. The van der Waals surface area contributed by atoms with Gasteiger partial charge in [0.2, 0.25) is 0 Å². The highest BCUT2D eigenvalue weighted by Crippen LogP contribution is 2.16. The Morgan fingerprint density at radius 3 is 2.32 bits per heavy atom. The summed E-state index contributed by atoms with van der Waals surface area (Å²) in [5.41, 5.74) is 0.546. The molecule has 0 bridgehead atoms. The van der Waals surface area contributed by atoms with Gasteiger partial charge >= 0.3 is 5.97 Å². The number of pyridine rings is 1. The van der Waals surface area contributed by atoms with Crippen LogP contribution in [0.25, 0.3) is 0 Å².